The minimum Gasteiger partial charge on any atom is -0.481 e. The van der Waals surface area contributed by atoms with Gasteiger partial charge in [0.05, 0.1) is 12.2 Å². The van der Waals surface area contributed by atoms with Crippen molar-refractivity contribution in [2.75, 3.05) is 6.54 Å². The zero-order valence-electron chi connectivity index (χ0n) is 9.32. The number of carboxylic acids is 1. The highest BCUT2D eigenvalue weighted by atomic mass is 16.4. The van der Waals surface area contributed by atoms with E-state index in [0.717, 1.165) is 5.56 Å². The predicted octanol–water partition coefficient (Wildman–Crippen LogP) is 1.43. The van der Waals surface area contributed by atoms with Crippen LogP contribution in [-0.4, -0.2) is 23.5 Å². The van der Waals surface area contributed by atoms with Gasteiger partial charge in [-0.05, 0) is 19.4 Å². The predicted molar refractivity (Wildman–Crippen MR) is 57.2 cm³/mol. The van der Waals surface area contributed by atoms with Crippen molar-refractivity contribution in [1.29, 1.82) is 0 Å². The minimum atomic E-state index is -0.904. The lowest BCUT2D eigenvalue weighted by atomic mass is 10.1. The fourth-order valence-electron chi connectivity index (χ4n) is 1.31. The van der Waals surface area contributed by atoms with E-state index in [1.807, 2.05) is 0 Å². The molecule has 0 saturated carbocycles. The van der Waals surface area contributed by atoms with Crippen molar-refractivity contribution in [3.63, 3.8) is 0 Å². The third kappa shape index (κ3) is 2.85. The molecule has 1 unspecified atom stereocenters. The van der Waals surface area contributed by atoms with Crippen LogP contribution in [0.4, 0.5) is 0 Å². The molecule has 0 radical (unpaired) electrons. The second-order valence-corrected chi connectivity index (χ2v) is 3.59. The van der Waals surface area contributed by atoms with Crippen LogP contribution in [0.1, 0.15) is 29.5 Å². The average Bonchev–Trinajstić information content (AvgIpc) is 2.64. The summed E-state index contributed by atoms with van der Waals surface area (Å²) in [7, 11) is 0. The molecule has 0 aliphatic carbocycles. The van der Waals surface area contributed by atoms with Gasteiger partial charge in [-0.3, -0.25) is 9.59 Å². The van der Waals surface area contributed by atoms with Gasteiger partial charge in [0.1, 0.15) is 0 Å². The smallest absolute Gasteiger partial charge is 0.308 e. The summed E-state index contributed by atoms with van der Waals surface area (Å²) in [5.41, 5.74) is 0.737. The molecule has 16 heavy (non-hydrogen) atoms. The molecular weight excluding hydrogens is 210 g/mol. The second-order valence-electron chi connectivity index (χ2n) is 3.59. The highest BCUT2D eigenvalue weighted by Crippen LogP contribution is 2.08. The molecule has 1 aromatic heterocycles. The zero-order chi connectivity index (χ0) is 12.1. The Labute approximate surface area is 93.4 Å². The van der Waals surface area contributed by atoms with E-state index in [0.29, 0.717) is 6.42 Å². The van der Waals surface area contributed by atoms with Gasteiger partial charge in [-0.25, -0.2) is 0 Å². The zero-order valence-corrected chi connectivity index (χ0v) is 9.32. The SMILES string of the molecule is CCC(CNC(=O)c1occc1C)C(=O)O. The Kier molecular flexibility index (Phi) is 4.10. The molecule has 1 amide bonds. The van der Waals surface area contributed by atoms with Gasteiger partial charge in [0.15, 0.2) is 5.76 Å². The van der Waals surface area contributed by atoms with E-state index in [2.05, 4.69) is 5.32 Å². The molecule has 1 rings (SSSR count). The van der Waals surface area contributed by atoms with Crippen molar-refractivity contribution in [2.45, 2.75) is 20.3 Å². The van der Waals surface area contributed by atoms with E-state index in [1.54, 1.807) is 19.9 Å². The number of amides is 1. The third-order valence-corrected chi connectivity index (χ3v) is 2.42. The van der Waals surface area contributed by atoms with Crippen molar-refractivity contribution >= 4 is 11.9 Å². The Balaban J connectivity index is 2.53. The molecule has 0 aromatic carbocycles. The van der Waals surface area contributed by atoms with E-state index in [-0.39, 0.29) is 18.2 Å². The molecule has 5 nitrogen and oxygen atoms in total. The molecule has 0 saturated heterocycles. The first-order valence-corrected chi connectivity index (χ1v) is 5.11. The van der Waals surface area contributed by atoms with Crippen molar-refractivity contribution < 1.29 is 19.1 Å². The number of hydrogen-bond donors (Lipinski definition) is 2. The number of hydrogen-bond acceptors (Lipinski definition) is 3. The fraction of sp³-hybridized carbons (Fsp3) is 0.455. The summed E-state index contributed by atoms with van der Waals surface area (Å²) in [4.78, 5) is 22.3. The summed E-state index contributed by atoms with van der Waals surface area (Å²) >= 11 is 0. The number of aryl methyl sites for hydroxylation is 1. The van der Waals surface area contributed by atoms with E-state index < -0.39 is 11.9 Å². The lowest BCUT2D eigenvalue weighted by Crippen LogP contribution is -2.32. The first-order valence-electron chi connectivity index (χ1n) is 5.11. The maximum absolute atomic E-state index is 11.6. The van der Waals surface area contributed by atoms with Crippen LogP contribution in [0, 0.1) is 12.8 Å². The monoisotopic (exact) mass is 225 g/mol. The molecular formula is C11H15NO4. The van der Waals surface area contributed by atoms with Crippen LogP contribution in [0.5, 0.6) is 0 Å². The molecule has 0 aliphatic heterocycles. The van der Waals surface area contributed by atoms with Gasteiger partial charge in [-0.15, -0.1) is 0 Å². The summed E-state index contributed by atoms with van der Waals surface area (Å²) in [6.45, 7) is 3.64. The Morgan fingerprint density at radius 3 is 2.69 bits per heavy atom. The Morgan fingerprint density at radius 2 is 2.25 bits per heavy atom. The molecule has 0 aliphatic rings. The molecule has 88 valence electrons. The molecule has 5 heteroatoms. The van der Waals surface area contributed by atoms with Crippen LogP contribution in [0.2, 0.25) is 0 Å². The number of aliphatic carboxylic acids is 1. The number of carbonyl (C=O) groups is 2. The van der Waals surface area contributed by atoms with E-state index in [4.69, 9.17) is 9.52 Å². The van der Waals surface area contributed by atoms with E-state index >= 15 is 0 Å². The van der Waals surface area contributed by atoms with Crippen molar-refractivity contribution in [1.82, 2.24) is 5.32 Å². The van der Waals surface area contributed by atoms with E-state index in [1.165, 1.54) is 6.26 Å². The summed E-state index contributed by atoms with van der Waals surface area (Å²) in [6, 6.07) is 1.68. The highest BCUT2D eigenvalue weighted by molar-refractivity contribution is 5.93. The lowest BCUT2D eigenvalue weighted by molar-refractivity contribution is -0.141. The fourth-order valence-corrected chi connectivity index (χ4v) is 1.31. The van der Waals surface area contributed by atoms with Crippen molar-refractivity contribution in [3.8, 4) is 0 Å². The van der Waals surface area contributed by atoms with Crippen LogP contribution in [0.25, 0.3) is 0 Å². The summed E-state index contributed by atoms with van der Waals surface area (Å²) < 4.78 is 4.99. The standard InChI is InChI=1S/C11H15NO4/c1-3-8(11(14)15)6-12-10(13)9-7(2)4-5-16-9/h4-5,8H,3,6H2,1-2H3,(H,12,13)(H,14,15). The Morgan fingerprint density at radius 1 is 1.56 bits per heavy atom. The molecule has 0 bridgehead atoms. The highest BCUT2D eigenvalue weighted by Gasteiger charge is 2.18. The molecule has 0 spiro atoms. The second kappa shape index (κ2) is 5.34. The van der Waals surface area contributed by atoms with E-state index in [9.17, 15) is 9.59 Å². The Hall–Kier alpha value is -1.78. The molecule has 1 atom stereocenters. The topological polar surface area (TPSA) is 79.5 Å². The number of furan rings is 1. The van der Waals surface area contributed by atoms with Gasteiger partial charge in [-0.1, -0.05) is 6.92 Å². The molecule has 0 fully saturated rings. The first kappa shape index (κ1) is 12.3. The van der Waals surface area contributed by atoms with Gasteiger partial charge >= 0.3 is 5.97 Å². The van der Waals surface area contributed by atoms with Gasteiger partial charge < -0.3 is 14.8 Å². The van der Waals surface area contributed by atoms with Crippen LogP contribution >= 0.6 is 0 Å². The largest absolute Gasteiger partial charge is 0.481 e. The molecule has 1 aromatic rings. The maximum Gasteiger partial charge on any atom is 0.308 e. The first-order chi connectivity index (χ1) is 7.56. The maximum atomic E-state index is 11.6. The van der Waals surface area contributed by atoms with Gasteiger partial charge in [-0.2, -0.15) is 0 Å². The van der Waals surface area contributed by atoms with Gasteiger partial charge in [0.2, 0.25) is 0 Å². The summed E-state index contributed by atoms with van der Waals surface area (Å²) in [6.07, 6.45) is 1.91. The Bertz CT molecular complexity index is 383. The van der Waals surface area contributed by atoms with Crippen LogP contribution in [0.15, 0.2) is 16.7 Å². The molecule has 1 heterocycles. The van der Waals surface area contributed by atoms with Crippen LogP contribution < -0.4 is 5.32 Å². The van der Waals surface area contributed by atoms with Gasteiger partial charge in [0, 0.05) is 12.1 Å². The van der Waals surface area contributed by atoms with Crippen molar-refractivity contribution in [2.24, 2.45) is 5.92 Å². The normalized spacial score (nSPS) is 12.1. The summed E-state index contributed by atoms with van der Waals surface area (Å²) in [5, 5.41) is 11.3. The third-order valence-electron chi connectivity index (χ3n) is 2.42. The number of carboxylic acid groups (broad SMARTS) is 1. The average molecular weight is 225 g/mol. The number of nitrogens with one attached hydrogen (secondary N) is 1. The minimum absolute atomic E-state index is 0.116. The van der Waals surface area contributed by atoms with Crippen LogP contribution in [-0.2, 0) is 4.79 Å². The molecule has 2 N–H and O–H groups in total. The number of rotatable bonds is 5. The number of carbonyl (C=O) groups excluding carboxylic acids is 1. The van der Waals surface area contributed by atoms with Gasteiger partial charge in [0.25, 0.3) is 5.91 Å². The van der Waals surface area contributed by atoms with Crippen molar-refractivity contribution in [3.05, 3.63) is 23.7 Å². The van der Waals surface area contributed by atoms with Crippen LogP contribution in [0.3, 0.4) is 0 Å². The lowest BCUT2D eigenvalue weighted by Gasteiger charge is -2.10. The summed E-state index contributed by atoms with van der Waals surface area (Å²) in [5.74, 6) is -1.60. The quantitative estimate of drug-likeness (QED) is 0.794.